The van der Waals surface area contributed by atoms with Gasteiger partial charge < -0.3 is 13.3 Å². The van der Waals surface area contributed by atoms with Crippen molar-refractivity contribution in [3.05, 3.63) is 0 Å². The van der Waals surface area contributed by atoms with Crippen molar-refractivity contribution >= 4 is 24.7 Å². The van der Waals surface area contributed by atoms with E-state index in [2.05, 4.69) is 0 Å². The van der Waals surface area contributed by atoms with Crippen LogP contribution in [0.5, 0.6) is 0 Å². The minimum absolute atomic E-state index is 0.666. The molecule has 0 fully saturated rings. The van der Waals surface area contributed by atoms with Crippen molar-refractivity contribution in [3.8, 4) is 0 Å². The standard InChI is InChI=1S/C4H10O5SSi/c1-7-11(3,8-2)9-4-10(5)6/h4H,1-3H3. The third-order valence-electron chi connectivity index (χ3n) is 1.08. The Kier molecular flexibility index (Phi) is 4.53. The van der Waals surface area contributed by atoms with Gasteiger partial charge in [-0.1, -0.05) is 0 Å². The van der Waals surface area contributed by atoms with Gasteiger partial charge in [0.05, 0.1) is 0 Å². The first-order valence-electron chi connectivity index (χ1n) is 2.73. The molecule has 0 aliphatic carbocycles. The van der Waals surface area contributed by atoms with Gasteiger partial charge in [0.2, 0.25) is 10.3 Å². The maximum absolute atomic E-state index is 10.0. The molecule has 0 spiro atoms. The molecule has 0 rings (SSSR count). The van der Waals surface area contributed by atoms with E-state index in [1.807, 2.05) is 0 Å². The molecule has 0 unspecified atom stereocenters. The van der Waals surface area contributed by atoms with Crippen molar-refractivity contribution in [2.75, 3.05) is 14.2 Å². The predicted octanol–water partition coefficient (Wildman–Crippen LogP) is -0.497. The molecule has 0 bridgehead atoms. The molecule has 0 atom stereocenters. The molecule has 11 heavy (non-hydrogen) atoms. The van der Waals surface area contributed by atoms with Crippen molar-refractivity contribution in [1.29, 1.82) is 0 Å². The van der Waals surface area contributed by atoms with Crippen LogP contribution >= 0.6 is 0 Å². The summed E-state index contributed by atoms with van der Waals surface area (Å²) in [6.07, 6.45) is 0. The highest BCUT2D eigenvalue weighted by Gasteiger charge is 2.31. The van der Waals surface area contributed by atoms with Crippen LogP contribution in [0.1, 0.15) is 0 Å². The van der Waals surface area contributed by atoms with Crippen molar-refractivity contribution in [2.45, 2.75) is 6.55 Å². The van der Waals surface area contributed by atoms with Crippen LogP contribution in [0.2, 0.25) is 6.55 Å². The Labute approximate surface area is 67.8 Å². The van der Waals surface area contributed by atoms with E-state index in [0.29, 0.717) is 5.55 Å². The van der Waals surface area contributed by atoms with E-state index in [4.69, 9.17) is 13.3 Å². The van der Waals surface area contributed by atoms with Crippen LogP contribution < -0.4 is 0 Å². The summed E-state index contributed by atoms with van der Waals surface area (Å²) in [7, 11) is -2.25. The molecule has 0 aromatic rings. The summed E-state index contributed by atoms with van der Waals surface area (Å²) >= 11 is 0. The molecular formula is C4H10O5SSi. The summed E-state index contributed by atoms with van der Waals surface area (Å²) in [5, 5.41) is 0. The molecule has 0 aromatic heterocycles. The highest BCUT2D eigenvalue weighted by Crippen LogP contribution is 2.03. The van der Waals surface area contributed by atoms with Crippen LogP contribution in [0.25, 0.3) is 0 Å². The van der Waals surface area contributed by atoms with Crippen LogP contribution in [0.4, 0.5) is 0 Å². The predicted molar refractivity (Wildman–Crippen MR) is 41.7 cm³/mol. The van der Waals surface area contributed by atoms with Crippen LogP contribution in [-0.4, -0.2) is 37.0 Å². The Hall–Kier alpha value is -0.213. The summed E-state index contributed by atoms with van der Waals surface area (Å²) in [6, 6.07) is 0. The fourth-order valence-electron chi connectivity index (χ4n) is 0.306. The molecule has 0 aliphatic heterocycles. The molecule has 0 amide bonds. The molecular weight excluding hydrogens is 188 g/mol. The summed E-state index contributed by atoms with van der Waals surface area (Å²) < 4.78 is 34.4. The first-order chi connectivity index (χ1) is 5.04. The fourth-order valence-corrected chi connectivity index (χ4v) is 1.68. The van der Waals surface area contributed by atoms with Crippen molar-refractivity contribution in [2.24, 2.45) is 0 Å². The zero-order valence-corrected chi connectivity index (χ0v) is 8.34. The second kappa shape index (κ2) is 4.62. The molecule has 66 valence electrons. The van der Waals surface area contributed by atoms with Gasteiger partial charge in [-0.25, -0.2) is 0 Å². The topological polar surface area (TPSA) is 61.8 Å². The monoisotopic (exact) mass is 198 g/mol. The van der Waals surface area contributed by atoms with Crippen LogP contribution in [0.3, 0.4) is 0 Å². The Balaban J connectivity index is 4.20. The summed E-state index contributed by atoms with van der Waals surface area (Å²) in [6.45, 7) is 1.58. The highest BCUT2D eigenvalue weighted by molar-refractivity contribution is 7.71. The van der Waals surface area contributed by atoms with Gasteiger partial charge in [-0.05, 0) is 0 Å². The zero-order chi connectivity index (χ0) is 8.91. The third kappa shape index (κ3) is 4.27. The minimum Gasteiger partial charge on any atom is -0.377 e. The summed E-state index contributed by atoms with van der Waals surface area (Å²) in [4.78, 5) is 0. The molecule has 7 heteroatoms. The molecule has 0 radical (unpaired) electrons. The van der Waals surface area contributed by atoms with Gasteiger partial charge in [-0.3, -0.25) is 0 Å². The molecule has 0 heterocycles. The highest BCUT2D eigenvalue weighted by atomic mass is 32.2. The molecule has 0 saturated carbocycles. The minimum atomic E-state index is -2.71. The average molecular weight is 198 g/mol. The lowest BCUT2D eigenvalue weighted by Gasteiger charge is -2.18. The van der Waals surface area contributed by atoms with Gasteiger partial charge >= 0.3 is 8.80 Å². The second-order valence-corrected chi connectivity index (χ2v) is 5.24. The SMILES string of the molecule is CO[Si](C)(OC)OC=S(=O)=O. The first-order valence-corrected chi connectivity index (χ1v) is 6.10. The van der Waals surface area contributed by atoms with E-state index in [9.17, 15) is 8.42 Å². The van der Waals surface area contributed by atoms with Crippen LogP contribution in [0.15, 0.2) is 0 Å². The van der Waals surface area contributed by atoms with Gasteiger partial charge in [0.15, 0.2) is 5.55 Å². The lowest BCUT2D eigenvalue weighted by atomic mass is 11.7. The van der Waals surface area contributed by atoms with Gasteiger partial charge in [-0.2, -0.15) is 8.42 Å². The number of hydrogen-bond donors (Lipinski definition) is 0. The average Bonchev–Trinajstić information content (AvgIpc) is 2.00. The van der Waals surface area contributed by atoms with Crippen molar-refractivity contribution in [3.63, 3.8) is 0 Å². The lowest BCUT2D eigenvalue weighted by Crippen LogP contribution is -2.39. The first kappa shape index (κ1) is 10.8. The summed E-state index contributed by atoms with van der Waals surface area (Å²) in [5.74, 6) is 0. The van der Waals surface area contributed by atoms with E-state index in [1.165, 1.54) is 14.2 Å². The zero-order valence-electron chi connectivity index (χ0n) is 6.53. The largest absolute Gasteiger partial charge is 0.502 e. The maximum Gasteiger partial charge on any atom is 0.502 e. The molecule has 0 aromatic carbocycles. The van der Waals surface area contributed by atoms with E-state index in [0.717, 1.165) is 0 Å². The van der Waals surface area contributed by atoms with Crippen LogP contribution in [-0.2, 0) is 23.6 Å². The van der Waals surface area contributed by atoms with Crippen molar-refractivity contribution in [1.82, 2.24) is 0 Å². The quantitative estimate of drug-likeness (QED) is 0.450. The third-order valence-corrected chi connectivity index (χ3v) is 3.54. The smallest absolute Gasteiger partial charge is 0.377 e. The van der Waals surface area contributed by atoms with E-state index >= 15 is 0 Å². The lowest BCUT2D eigenvalue weighted by molar-refractivity contribution is 0.169. The van der Waals surface area contributed by atoms with Gasteiger partial charge in [0, 0.05) is 20.8 Å². The Morgan fingerprint density at radius 3 is 2.00 bits per heavy atom. The molecule has 0 saturated heterocycles. The molecule has 5 nitrogen and oxygen atoms in total. The Bertz CT molecular complexity index is 221. The molecule has 0 N–H and O–H groups in total. The number of rotatable bonds is 4. The van der Waals surface area contributed by atoms with E-state index < -0.39 is 19.1 Å². The maximum atomic E-state index is 10.0. The van der Waals surface area contributed by atoms with E-state index in [1.54, 1.807) is 6.55 Å². The second-order valence-electron chi connectivity index (χ2n) is 1.75. The van der Waals surface area contributed by atoms with E-state index in [-0.39, 0.29) is 0 Å². The van der Waals surface area contributed by atoms with Gasteiger partial charge in [0.1, 0.15) is 0 Å². The van der Waals surface area contributed by atoms with Gasteiger partial charge in [-0.15, -0.1) is 0 Å². The fraction of sp³-hybridized carbons (Fsp3) is 0.750. The van der Waals surface area contributed by atoms with Crippen molar-refractivity contribution < 1.29 is 21.7 Å². The molecule has 0 aliphatic rings. The van der Waals surface area contributed by atoms with Crippen LogP contribution in [0, 0.1) is 0 Å². The summed E-state index contributed by atoms with van der Waals surface area (Å²) in [5.41, 5.74) is 0.666. The Morgan fingerprint density at radius 1 is 1.27 bits per heavy atom. The Morgan fingerprint density at radius 2 is 1.73 bits per heavy atom. The number of hydrogen-bond acceptors (Lipinski definition) is 5. The normalized spacial score (nSPS) is 11.2. The van der Waals surface area contributed by atoms with Gasteiger partial charge in [0.25, 0.3) is 0 Å².